The Morgan fingerprint density at radius 3 is 2.62 bits per heavy atom. The van der Waals surface area contributed by atoms with E-state index in [1.807, 2.05) is 24.0 Å². The van der Waals surface area contributed by atoms with Crippen LogP contribution in [0.3, 0.4) is 0 Å². The van der Waals surface area contributed by atoms with Gasteiger partial charge in [-0.05, 0) is 44.2 Å². The van der Waals surface area contributed by atoms with Gasteiger partial charge in [0.1, 0.15) is 5.75 Å². The molecule has 0 N–H and O–H groups in total. The standard InChI is InChI=1S/C22H25N3O2S2/c1-3-27-17-6-9-19-20(14-17)29-22(23-19)25-12-10-24(11-13-25)21(26)15-28-18-7-4-16(2)5-8-18/h4-9,14H,3,10-13,15H2,1-2H3. The SMILES string of the molecule is CCOc1ccc2nc(N3CCN(C(=O)CSc4ccc(C)cc4)CC3)sc2c1. The number of thioether (sulfide) groups is 1. The van der Waals surface area contributed by atoms with Gasteiger partial charge in [-0.1, -0.05) is 29.0 Å². The van der Waals surface area contributed by atoms with Crippen LogP contribution in [0.15, 0.2) is 47.4 Å². The van der Waals surface area contributed by atoms with Crippen molar-refractivity contribution in [2.75, 3.05) is 43.4 Å². The minimum atomic E-state index is 0.209. The molecule has 1 amide bonds. The highest BCUT2D eigenvalue weighted by Crippen LogP contribution is 2.32. The molecule has 0 aliphatic carbocycles. The fourth-order valence-corrected chi connectivity index (χ4v) is 5.15. The predicted octanol–water partition coefficient (Wildman–Crippen LogP) is 4.44. The van der Waals surface area contributed by atoms with E-state index in [0.717, 1.165) is 52.2 Å². The number of piperazine rings is 1. The quantitative estimate of drug-likeness (QED) is 0.544. The average Bonchev–Trinajstić information content (AvgIpc) is 3.17. The second-order valence-electron chi connectivity index (χ2n) is 7.03. The number of amides is 1. The lowest BCUT2D eigenvalue weighted by molar-refractivity contribution is -0.128. The fraction of sp³-hybridized carbons (Fsp3) is 0.364. The molecule has 0 unspecified atom stereocenters. The number of hydrogen-bond acceptors (Lipinski definition) is 6. The number of benzene rings is 2. The van der Waals surface area contributed by atoms with Crippen LogP contribution in [0.5, 0.6) is 5.75 Å². The van der Waals surface area contributed by atoms with Crippen LogP contribution in [-0.4, -0.2) is 54.3 Å². The molecule has 152 valence electrons. The van der Waals surface area contributed by atoms with Crippen molar-refractivity contribution in [3.8, 4) is 5.75 Å². The predicted molar refractivity (Wildman–Crippen MR) is 121 cm³/mol. The Hall–Kier alpha value is -2.25. The Bertz CT molecular complexity index is 979. The molecule has 0 bridgehead atoms. The van der Waals surface area contributed by atoms with Crippen LogP contribution in [0.2, 0.25) is 0 Å². The molecule has 2 aromatic carbocycles. The minimum absolute atomic E-state index is 0.209. The summed E-state index contributed by atoms with van der Waals surface area (Å²) in [4.78, 5) is 22.7. The van der Waals surface area contributed by atoms with Crippen LogP contribution < -0.4 is 9.64 Å². The smallest absolute Gasteiger partial charge is 0.233 e. The van der Waals surface area contributed by atoms with E-state index in [1.165, 1.54) is 5.56 Å². The van der Waals surface area contributed by atoms with Crippen molar-refractivity contribution in [3.63, 3.8) is 0 Å². The molecular weight excluding hydrogens is 402 g/mol. The molecule has 3 aromatic rings. The van der Waals surface area contributed by atoms with Crippen molar-refractivity contribution in [2.24, 2.45) is 0 Å². The summed E-state index contributed by atoms with van der Waals surface area (Å²) in [6.07, 6.45) is 0. The number of ether oxygens (including phenoxy) is 1. The van der Waals surface area contributed by atoms with Gasteiger partial charge >= 0.3 is 0 Å². The summed E-state index contributed by atoms with van der Waals surface area (Å²) in [7, 11) is 0. The van der Waals surface area contributed by atoms with E-state index in [0.29, 0.717) is 12.4 Å². The summed E-state index contributed by atoms with van der Waals surface area (Å²) in [5.74, 6) is 1.59. The second-order valence-corrected chi connectivity index (χ2v) is 9.09. The molecule has 5 nitrogen and oxygen atoms in total. The van der Waals surface area contributed by atoms with E-state index in [-0.39, 0.29) is 5.91 Å². The highest BCUT2D eigenvalue weighted by Gasteiger charge is 2.23. The third kappa shape index (κ3) is 4.85. The van der Waals surface area contributed by atoms with Crippen molar-refractivity contribution in [2.45, 2.75) is 18.7 Å². The number of carbonyl (C=O) groups is 1. The maximum atomic E-state index is 12.6. The van der Waals surface area contributed by atoms with Crippen LogP contribution in [-0.2, 0) is 4.79 Å². The van der Waals surface area contributed by atoms with Crippen LogP contribution in [0, 0.1) is 6.92 Å². The van der Waals surface area contributed by atoms with Gasteiger partial charge in [-0.15, -0.1) is 11.8 Å². The molecule has 4 rings (SSSR count). The monoisotopic (exact) mass is 427 g/mol. The van der Waals surface area contributed by atoms with Crippen molar-refractivity contribution in [1.29, 1.82) is 0 Å². The number of thiazole rings is 1. The number of fused-ring (bicyclic) bond motifs is 1. The Morgan fingerprint density at radius 1 is 1.14 bits per heavy atom. The molecule has 1 aliphatic rings. The highest BCUT2D eigenvalue weighted by molar-refractivity contribution is 8.00. The molecule has 7 heteroatoms. The van der Waals surface area contributed by atoms with E-state index >= 15 is 0 Å². The number of hydrogen-bond donors (Lipinski definition) is 0. The van der Waals surface area contributed by atoms with Gasteiger partial charge in [-0.25, -0.2) is 4.98 Å². The Balaban J connectivity index is 1.32. The number of carbonyl (C=O) groups excluding carboxylic acids is 1. The molecular formula is C22H25N3O2S2. The van der Waals surface area contributed by atoms with Crippen molar-refractivity contribution in [3.05, 3.63) is 48.0 Å². The molecule has 2 heterocycles. The summed E-state index contributed by atoms with van der Waals surface area (Å²) in [6.45, 7) is 7.85. The number of aryl methyl sites for hydroxylation is 1. The molecule has 1 aliphatic heterocycles. The topological polar surface area (TPSA) is 45.7 Å². The zero-order valence-electron chi connectivity index (χ0n) is 16.8. The van der Waals surface area contributed by atoms with Gasteiger partial charge in [0, 0.05) is 31.1 Å². The van der Waals surface area contributed by atoms with Crippen LogP contribution in [0.25, 0.3) is 10.2 Å². The van der Waals surface area contributed by atoms with Gasteiger partial charge < -0.3 is 14.5 Å². The van der Waals surface area contributed by atoms with Crippen molar-refractivity contribution >= 4 is 44.4 Å². The van der Waals surface area contributed by atoms with E-state index in [2.05, 4.69) is 42.2 Å². The molecule has 0 saturated carbocycles. The van der Waals surface area contributed by atoms with Crippen LogP contribution >= 0.6 is 23.1 Å². The van der Waals surface area contributed by atoms with E-state index < -0.39 is 0 Å². The Kier molecular flexibility index (Phi) is 6.25. The molecule has 1 aromatic heterocycles. The normalized spacial score (nSPS) is 14.4. The number of anilines is 1. The molecule has 0 radical (unpaired) electrons. The first-order valence-electron chi connectivity index (χ1n) is 9.88. The van der Waals surface area contributed by atoms with E-state index in [9.17, 15) is 4.79 Å². The summed E-state index contributed by atoms with van der Waals surface area (Å²) in [6, 6.07) is 14.4. The lowest BCUT2D eigenvalue weighted by Gasteiger charge is -2.34. The summed E-state index contributed by atoms with van der Waals surface area (Å²) in [5, 5.41) is 1.02. The van der Waals surface area contributed by atoms with Crippen molar-refractivity contribution in [1.82, 2.24) is 9.88 Å². The number of rotatable bonds is 6. The molecule has 29 heavy (non-hydrogen) atoms. The number of nitrogens with zero attached hydrogens (tertiary/aromatic N) is 3. The lowest BCUT2D eigenvalue weighted by atomic mass is 10.2. The van der Waals surface area contributed by atoms with Gasteiger partial charge in [0.05, 0.1) is 22.6 Å². The minimum Gasteiger partial charge on any atom is -0.494 e. The highest BCUT2D eigenvalue weighted by atomic mass is 32.2. The maximum absolute atomic E-state index is 12.6. The number of aromatic nitrogens is 1. The van der Waals surface area contributed by atoms with Crippen LogP contribution in [0.1, 0.15) is 12.5 Å². The van der Waals surface area contributed by atoms with Gasteiger partial charge in [-0.3, -0.25) is 4.79 Å². The van der Waals surface area contributed by atoms with Gasteiger partial charge in [0.15, 0.2) is 5.13 Å². The van der Waals surface area contributed by atoms with Gasteiger partial charge in [0.25, 0.3) is 0 Å². The van der Waals surface area contributed by atoms with Gasteiger partial charge in [-0.2, -0.15) is 0 Å². The first-order chi connectivity index (χ1) is 14.1. The van der Waals surface area contributed by atoms with Crippen LogP contribution in [0.4, 0.5) is 5.13 Å². The molecule has 1 saturated heterocycles. The Labute approximate surface area is 179 Å². The Morgan fingerprint density at radius 2 is 1.90 bits per heavy atom. The first-order valence-corrected chi connectivity index (χ1v) is 11.7. The third-order valence-corrected chi connectivity index (χ3v) is 7.02. The maximum Gasteiger partial charge on any atom is 0.233 e. The molecule has 1 fully saturated rings. The van der Waals surface area contributed by atoms with E-state index in [1.54, 1.807) is 23.1 Å². The second kappa shape index (κ2) is 9.05. The zero-order valence-corrected chi connectivity index (χ0v) is 18.4. The largest absolute Gasteiger partial charge is 0.494 e. The van der Waals surface area contributed by atoms with Gasteiger partial charge in [0.2, 0.25) is 5.91 Å². The molecule has 0 atom stereocenters. The summed E-state index contributed by atoms with van der Waals surface area (Å²) >= 11 is 3.30. The molecule has 0 spiro atoms. The fourth-order valence-electron chi connectivity index (χ4n) is 3.30. The summed E-state index contributed by atoms with van der Waals surface area (Å²) < 4.78 is 6.73. The lowest BCUT2D eigenvalue weighted by Crippen LogP contribution is -2.49. The van der Waals surface area contributed by atoms with Crippen molar-refractivity contribution < 1.29 is 9.53 Å². The third-order valence-electron chi connectivity index (χ3n) is 4.95. The first kappa shape index (κ1) is 20.0. The van der Waals surface area contributed by atoms with E-state index in [4.69, 9.17) is 9.72 Å². The average molecular weight is 428 g/mol. The zero-order chi connectivity index (χ0) is 20.2. The summed E-state index contributed by atoms with van der Waals surface area (Å²) in [5.41, 5.74) is 2.24.